The number of hydrogen-bond donors (Lipinski definition) is 1. The van der Waals surface area contributed by atoms with Crippen molar-refractivity contribution >= 4 is 51.9 Å². The average Bonchev–Trinajstić information content (AvgIpc) is 3.18. The third-order valence-electron chi connectivity index (χ3n) is 3.74. The van der Waals surface area contributed by atoms with Crippen LogP contribution >= 0.6 is 34.4 Å². The Kier molecular flexibility index (Phi) is 5.94. The molecule has 0 atom stereocenters. The first-order chi connectivity index (χ1) is 12.0. The van der Waals surface area contributed by atoms with E-state index in [9.17, 15) is 9.59 Å². The number of likely N-dealkylation sites (tertiary alicyclic amines) is 1. The minimum absolute atomic E-state index is 0.111. The highest BCUT2D eigenvalue weighted by molar-refractivity contribution is 14.1. The molecule has 1 saturated heterocycles. The number of amides is 2. The normalized spacial score (nSPS) is 14.2. The van der Waals surface area contributed by atoms with E-state index in [-0.39, 0.29) is 17.6 Å². The van der Waals surface area contributed by atoms with Crippen LogP contribution in [0.2, 0.25) is 0 Å². The van der Waals surface area contributed by atoms with E-state index in [0.717, 1.165) is 27.8 Å². The van der Waals surface area contributed by atoms with Gasteiger partial charge in [-0.25, -0.2) is 0 Å². The van der Waals surface area contributed by atoms with Crippen molar-refractivity contribution < 1.29 is 14.0 Å². The summed E-state index contributed by atoms with van der Waals surface area (Å²) in [7, 11) is 0. The summed E-state index contributed by atoms with van der Waals surface area (Å²) in [5.41, 5.74) is 1.81. The van der Waals surface area contributed by atoms with Crippen LogP contribution in [0, 0.1) is 10.5 Å². The molecule has 9 heteroatoms. The van der Waals surface area contributed by atoms with Gasteiger partial charge in [0.15, 0.2) is 0 Å². The second-order valence-corrected chi connectivity index (χ2v) is 7.85. The lowest BCUT2D eigenvalue weighted by molar-refractivity contribution is -0.128. The highest BCUT2D eigenvalue weighted by Gasteiger charge is 2.22. The topological polar surface area (TPSA) is 88.3 Å². The van der Waals surface area contributed by atoms with Gasteiger partial charge >= 0.3 is 0 Å². The molecule has 1 aromatic carbocycles. The SMILES string of the molecule is Cc1cc(I)ccc1NC(=O)CSc1nnc(CN2CCCC2=O)o1. The van der Waals surface area contributed by atoms with Gasteiger partial charge in [-0.2, -0.15) is 0 Å². The summed E-state index contributed by atoms with van der Waals surface area (Å²) in [6.07, 6.45) is 1.45. The summed E-state index contributed by atoms with van der Waals surface area (Å²) < 4.78 is 6.62. The molecule has 0 saturated carbocycles. The smallest absolute Gasteiger partial charge is 0.277 e. The molecule has 7 nitrogen and oxygen atoms in total. The molecule has 3 rings (SSSR count). The lowest BCUT2D eigenvalue weighted by atomic mass is 10.2. The molecule has 0 spiro atoms. The van der Waals surface area contributed by atoms with Gasteiger partial charge in [0.1, 0.15) is 0 Å². The Hall–Kier alpha value is -1.62. The van der Waals surface area contributed by atoms with Crippen LogP contribution in [0.3, 0.4) is 0 Å². The third kappa shape index (κ3) is 4.94. The van der Waals surface area contributed by atoms with Gasteiger partial charge in [-0.3, -0.25) is 9.59 Å². The summed E-state index contributed by atoms with van der Waals surface area (Å²) in [4.78, 5) is 25.4. The molecule has 1 aromatic heterocycles. The van der Waals surface area contributed by atoms with Gasteiger partial charge in [0.25, 0.3) is 5.22 Å². The van der Waals surface area contributed by atoms with Crippen molar-refractivity contribution in [1.29, 1.82) is 0 Å². The fourth-order valence-electron chi connectivity index (χ4n) is 2.48. The first-order valence-corrected chi connectivity index (χ1v) is 9.86. The molecule has 25 heavy (non-hydrogen) atoms. The van der Waals surface area contributed by atoms with Crippen LogP contribution in [0.5, 0.6) is 0 Å². The highest BCUT2D eigenvalue weighted by Crippen LogP contribution is 2.21. The zero-order valence-corrected chi connectivity index (χ0v) is 16.6. The highest BCUT2D eigenvalue weighted by atomic mass is 127. The number of thioether (sulfide) groups is 1. The van der Waals surface area contributed by atoms with Crippen molar-refractivity contribution in [3.63, 3.8) is 0 Å². The summed E-state index contributed by atoms with van der Waals surface area (Å²) in [5.74, 6) is 0.547. The summed E-state index contributed by atoms with van der Waals surface area (Å²) >= 11 is 3.41. The standard InChI is InChI=1S/C16H17IN4O3S/c1-10-7-11(17)4-5-12(10)18-13(22)9-25-16-20-19-14(24-16)8-21-6-2-3-15(21)23/h4-5,7H,2-3,6,8-9H2,1H3,(H,18,22). The lowest BCUT2D eigenvalue weighted by Crippen LogP contribution is -2.23. The number of nitrogens with zero attached hydrogens (tertiary/aromatic N) is 3. The average molecular weight is 472 g/mol. The van der Waals surface area contributed by atoms with Crippen LogP contribution < -0.4 is 5.32 Å². The predicted octanol–water partition coefficient (Wildman–Crippen LogP) is 2.84. The number of aromatic nitrogens is 2. The number of anilines is 1. The summed E-state index contributed by atoms with van der Waals surface area (Å²) in [6, 6.07) is 5.84. The Bertz CT molecular complexity index is 795. The van der Waals surface area contributed by atoms with E-state index in [1.807, 2.05) is 25.1 Å². The monoisotopic (exact) mass is 472 g/mol. The van der Waals surface area contributed by atoms with Crippen molar-refractivity contribution in [3.8, 4) is 0 Å². The fourth-order valence-corrected chi connectivity index (χ4v) is 3.70. The van der Waals surface area contributed by atoms with Crippen LogP contribution in [0.1, 0.15) is 24.3 Å². The first kappa shape index (κ1) is 18.2. The van der Waals surface area contributed by atoms with Crippen molar-refractivity contribution in [2.24, 2.45) is 0 Å². The van der Waals surface area contributed by atoms with Gasteiger partial charge in [-0.05, 0) is 59.7 Å². The summed E-state index contributed by atoms with van der Waals surface area (Å²) in [6.45, 7) is 3.01. The Morgan fingerprint density at radius 3 is 3.00 bits per heavy atom. The minimum atomic E-state index is -0.135. The van der Waals surface area contributed by atoms with Gasteiger partial charge < -0.3 is 14.6 Å². The van der Waals surface area contributed by atoms with Crippen LogP contribution in [0.15, 0.2) is 27.8 Å². The van der Waals surface area contributed by atoms with Crippen molar-refractivity contribution in [1.82, 2.24) is 15.1 Å². The third-order valence-corrected chi connectivity index (χ3v) is 5.22. The minimum Gasteiger partial charge on any atom is -0.414 e. The van der Waals surface area contributed by atoms with Gasteiger partial charge in [0, 0.05) is 22.2 Å². The van der Waals surface area contributed by atoms with Crippen LogP contribution in [-0.2, 0) is 16.1 Å². The molecule has 0 radical (unpaired) electrons. The zero-order valence-electron chi connectivity index (χ0n) is 13.6. The quantitative estimate of drug-likeness (QED) is 0.514. The predicted molar refractivity (Wildman–Crippen MR) is 102 cm³/mol. The van der Waals surface area contributed by atoms with Gasteiger partial charge in [0.05, 0.1) is 12.3 Å². The molecule has 1 fully saturated rings. The second kappa shape index (κ2) is 8.17. The molecule has 2 heterocycles. The molecule has 2 amide bonds. The number of aryl methyl sites for hydroxylation is 1. The molecule has 0 unspecified atom stereocenters. The van der Waals surface area contributed by atoms with E-state index >= 15 is 0 Å². The Morgan fingerprint density at radius 2 is 2.28 bits per heavy atom. The largest absolute Gasteiger partial charge is 0.414 e. The van der Waals surface area contributed by atoms with Crippen molar-refractivity contribution in [2.45, 2.75) is 31.5 Å². The maximum absolute atomic E-state index is 12.1. The number of rotatable bonds is 6. The molecule has 0 aliphatic carbocycles. The van der Waals surface area contributed by atoms with E-state index in [1.54, 1.807) is 4.90 Å². The second-order valence-electron chi connectivity index (χ2n) is 5.68. The number of nitrogens with one attached hydrogen (secondary N) is 1. The number of carbonyl (C=O) groups is 2. The molecule has 132 valence electrons. The van der Waals surface area contributed by atoms with Gasteiger partial charge in [-0.15, -0.1) is 10.2 Å². The van der Waals surface area contributed by atoms with E-state index in [0.29, 0.717) is 24.1 Å². The van der Waals surface area contributed by atoms with E-state index in [4.69, 9.17) is 4.42 Å². The van der Waals surface area contributed by atoms with Gasteiger partial charge in [0.2, 0.25) is 17.7 Å². The van der Waals surface area contributed by atoms with Crippen molar-refractivity contribution in [2.75, 3.05) is 17.6 Å². The summed E-state index contributed by atoms with van der Waals surface area (Å²) in [5, 5.41) is 11.1. The van der Waals surface area contributed by atoms with Crippen molar-refractivity contribution in [3.05, 3.63) is 33.2 Å². The molecular formula is C16H17IN4O3S. The van der Waals surface area contributed by atoms with E-state index in [2.05, 4.69) is 38.1 Å². The number of halogens is 1. The van der Waals surface area contributed by atoms with E-state index < -0.39 is 0 Å². The maximum Gasteiger partial charge on any atom is 0.277 e. The van der Waals surface area contributed by atoms with Gasteiger partial charge in [-0.1, -0.05) is 11.8 Å². The molecular weight excluding hydrogens is 455 g/mol. The van der Waals surface area contributed by atoms with Crippen LogP contribution in [0.4, 0.5) is 5.69 Å². The molecule has 1 N–H and O–H groups in total. The molecule has 0 bridgehead atoms. The Labute approximate surface area is 163 Å². The number of carbonyl (C=O) groups excluding carboxylic acids is 2. The first-order valence-electron chi connectivity index (χ1n) is 7.80. The molecule has 2 aromatic rings. The zero-order chi connectivity index (χ0) is 17.8. The Morgan fingerprint density at radius 1 is 1.44 bits per heavy atom. The number of benzene rings is 1. The molecule has 1 aliphatic rings. The van der Waals surface area contributed by atoms with Crippen LogP contribution in [-0.4, -0.2) is 39.2 Å². The fraction of sp³-hybridized carbons (Fsp3) is 0.375. The van der Waals surface area contributed by atoms with E-state index in [1.165, 1.54) is 11.8 Å². The molecule has 1 aliphatic heterocycles. The number of hydrogen-bond acceptors (Lipinski definition) is 6. The lowest BCUT2D eigenvalue weighted by Gasteiger charge is -2.11. The van der Waals surface area contributed by atoms with Crippen LogP contribution in [0.25, 0.3) is 0 Å². The maximum atomic E-state index is 12.1. The Balaban J connectivity index is 1.50.